The van der Waals surface area contributed by atoms with Gasteiger partial charge in [0, 0.05) is 16.5 Å². The SMILES string of the molecule is COc1cccc(CBr)c1OCc1cc(C#N)ccc1F. The number of nitriles is 1. The third kappa shape index (κ3) is 3.53. The monoisotopic (exact) mass is 349 g/mol. The maximum atomic E-state index is 13.7. The van der Waals surface area contributed by atoms with Gasteiger partial charge in [-0.15, -0.1) is 0 Å². The Morgan fingerprint density at radius 3 is 2.71 bits per heavy atom. The zero-order valence-electron chi connectivity index (χ0n) is 11.4. The van der Waals surface area contributed by atoms with Crippen molar-refractivity contribution in [2.45, 2.75) is 11.9 Å². The topological polar surface area (TPSA) is 42.2 Å². The number of rotatable bonds is 5. The van der Waals surface area contributed by atoms with E-state index in [1.54, 1.807) is 13.2 Å². The van der Waals surface area contributed by atoms with E-state index >= 15 is 0 Å². The van der Waals surface area contributed by atoms with E-state index in [1.807, 2.05) is 18.2 Å². The standard InChI is InChI=1S/C16H13BrFNO2/c1-20-15-4-2-3-12(8-17)16(15)21-10-13-7-11(9-19)5-6-14(13)18/h2-7H,8,10H2,1H3. The molecule has 0 spiro atoms. The summed E-state index contributed by atoms with van der Waals surface area (Å²) in [5.41, 5.74) is 1.64. The lowest BCUT2D eigenvalue weighted by Gasteiger charge is -2.14. The first-order chi connectivity index (χ1) is 10.2. The fourth-order valence-corrected chi connectivity index (χ4v) is 2.34. The van der Waals surface area contributed by atoms with E-state index in [1.165, 1.54) is 18.2 Å². The Balaban J connectivity index is 2.26. The molecular formula is C16H13BrFNO2. The minimum absolute atomic E-state index is 0.0295. The van der Waals surface area contributed by atoms with Crippen molar-refractivity contribution < 1.29 is 13.9 Å². The lowest BCUT2D eigenvalue weighted by Crippen LogP contribution is -2.02. The number of para-hydroxylation sites is 1. The van der Waals surface area contributed by atoms with Gasteiger partial charge in [-0.25, -0.2) is 4.39 Å². The van der Waals surface area contributed by atoms with Crippen molar-refractivity contribution in [1.82, 2.24) is 0 Å². The Labute approximate surface area is 131 Å². The van der Waals surface area contributed by atoms with Crippen LogP contribution in [-0.2, 0) is 11.9 Å². The predicted molar refractivity (Wildman–Crippen MR) is 81.1 cm³/mol. The number of alkyl halides is 1. The molecule has 0 fully saturated rings. The smallest absolute Gasteiger partial charge is 0.165 e. The zero-order valence-corrected chi connectivity index (χ0v) is 13.0. The number of ether oxygens (including phenoxy) is 2. The summed E-state index contributed by atoms with van der Waals surface area (Å²) in [6.07, 6.45) is 0. The van der Waals surface area contributed by atoms with E-state index in [0.717, 1.165) is 5.56 Å². The zero-order chi connectivity index (χ0) is 15.2. The average molecular weight is 350 g/mol. The van der Waals surface area contributed by atoms with Gasteiger partial charge in [0.2, 0.25) is 0 Å². The summed E-state index contributed by atoms with van der Waals surface area (Å²) in [5.74, 6) is 0.756. The molecule has 2 aromatic carbocycles. The third-order valence-corrected chi connectivity index (χ3v) is 3.58. The molecule has 5 heteroatoms. The van der Waals surface area contributed by atoms with Gasteiger partial charge in [0.25, 0.3) is 0 Å². The quantitative estimate of drug-likeness (QED) is 0.760. The maximum absolute atomic E-state index is 13.7. The van der Waals surface area contributed by atoms with Crippen molar-refractivity contribution in [3.8, 4) is 17.6 Å². The molecule has 0 aliphatic carbocycles. The van der Waals surface area contributed by atoms with Gasteiger partial charge in [-0.2, -0.15) is 5.26 Å². The summed E-state index contributed by atoms with van der Waals surface area (Å²) in [5, 5.41) is 9.46. The maximum Gasteiger partial charge on any atom is 0.165 e. The van der Waals surface area contributed by atoms with Crippen LogP contribution in [0.4, 0.5) is 4.39 Å². The first-order valence-electron chi connectivity index (χ1n) is 6.22. The molecular weight excluding hydrogens is 337 g/mol. The lowest BCUT2D eigenvalue weighted by molar-refractivity contribution is 0.277. The van der Waals surface area contributed by atoms with Crippen LogP contribution in [0.1, 0.15) is 16.7 Å². The molecule has 2 rings (SSSR count). The summed E-state index contributed by atoms with van der Waals surface area (Å²) in [6.45, 7) is 0.0295. The van der Waals surface area contributed by atoms with E-state index < -0.39 is 5.82 Å². The third-order valence-electron chi connectivity index (χ3n) is 2.97. The Bertz CT molecular complexity index is 660. The highest BCUT2D eigenvalue weighted by molar-refractivity contribution is 9.08. The molecule has 0 bridgehead atoms. The molecule has 0 aliphatic heterocycles. The van der Waals surface area contributed by atoms with E-state index in [9.17, 15) is 4.39 Å². The van der Waals surface area contributed by atoms with E-state index in [2.05, 4.69) is 15.9 Å². The number of methoxy groups -OCH3 is 1. The van der Waals surface area contributed by atoms with Crippen molar-refractivity contribution in [1.29, 1.82) is 5.26 Å². The van der Waals surface area contributed by atoms with Gasteiger partial charge < -0.3 is 9.47 Å². The van der Waals surface area contributed by atoms with Crippen molar-refractivity contribution in [2.75, 3.05) is 7.11 Å². The van der Waals surface area contributed by atoms with Crippen LogP contribution in [0.5, 0.6) is 11.5 Å². The second-order valence-corrected chi connectivity index (χ2v) is 4.85. The van der Waals surface area contributed by atoms with E-state index in [4.69, 9.17) is 14.7 Å². The minimum Gasteiger partial charge on any atom is -0.493 e. The molecule has 0 N–H and O–H groups in total. The van der Waals surface area contributed by atoms with Crippen LogP contribution >= 0.6 is 15.9 Å². The molecule has 0 radical (unpaired) electrons. The first kappa shape index (κ1) is 15.3. The number of nitrogens with zero attached hydrogens (tertiary/aromatic N) is 1. The Hall–Kier alpha value is -2.06. The number of halogens is 2. The molecule has 0 aromatic heterocycles. The summed E-state index contributed by atoms with van der Waals surface area (Å²) in [7, 11) is 1.55. The Morgan fingerprint density at radius 2 is 2.05 bits per heavy atom. The molecule has 0 unspecified atom stereocenters. The Kier molecular flexibility index (Phi) is 5.18. The highest BCUT2D eigenvalue weighted by Gasteiger charge is 2.11. The average Bonchev–Trinajstić information content (AvgIpc) is 2.53. The van der Waals surface area contributed by atoms with Crippen molar-refractivity contribution in [2.24, 2.45) is 0 Å². The van der Waals surface area contributed by atoms with Crippen molar-refractivity contribution in [3.05, 3.63) is 58.9 Å². The second kappa shape index (κ2) is 7.09. The largest absolute Gasteiger partial charge is 0.493 e. The van der Waals surface area contributed by atoms with Crippen molar-refractivity contribution >= 4 is 15.9 Å². The summed E-state index contributed by atoms with van der Waals surface area (Å²) >= 11 is 3.38. The number of hydrogen-bond acceptors (Lipinski definition) is 3. The summed E-state index contributed by atoms with van der Waals surface area (Å²) < 4.78 is 24.7. The molecule has 0 saturated carbocycles. The van der Waals surface area contributed by atoms with Crippen LogP contribution in [0, 0.1) is 17.1 Å². The van der Waals surface area contributed by atoms with Crippen LogP contribution in [0.15, 0.2) is 36.4 Å². The fraction of sp³-hybridized carbons (Fsp3) is 0.188. The summed E-state index contributed by atoms with van der Waals surface area (Å²) in [4.78, 5) is 0. The fourth-order valence-electron chi connectivity index (χ4n) is 1.90. The molecule has 3 nitrogen and oxygen atoms in total. The Morgan fingerprint density at radius 1 is 1.24 bits per heavy atom. The van der Waals surface area contributed by atoms with Gasteiger partial charge in [0.1, 0.15) is 12.4 Å². The van der Waals surface area contributed by atoms with Crippen LogP contribution < -0.4 is 9.47 Å². The van der Waals surface area contributed by atoms with Gasteiger partial charge in [-0.1, -0.05) is 28.1 Å². The normalized spacial score (nSPS) is 10.0. The van der Waals surface area contributed by atoms with Crippen LogP contribution in [0.3, 0.4) is 0 Å². The highest BCUT2D eigenvalue weighted by Crippen LogP contribution is 2.33. The first-order valence-corrected chi connectivity index (χ1v) is 7.35. The lowest BCUT2D eigenvalue weighted by atomic mass is 10.1. The minimum atomic E-state index is -0.399. The number of benzene rings is 2. The van der Waals surface area contributed by atoms with Gasteiger partial charge in [0.15, 0.2) is 11.5 Å². The van der Waals surface area contributed by atoms with Gasteiger partial charge in [-0.05, 0) is 24.3 Å². The molecule has 0 amide bonds. The van der Waals surface area contributed by atoms with Crippen LogP contribution in [0.2, 0.25) is 0 Å². The number of hydrogen-bond donors (Lipinski definition) is 0. The highest BCUT2D eigenvalue weighted by atomic mass is 79.9. The van der Waals surface area contributed by atoms with Crippen LogP contribution in [-0.4, -0.2) is 7.11 Å². The molecule has 108 valence electrons. The molecule has 0 aliphatic rings. The second-order valence-electron chi connectivity index (χ2n) is 4.29. The molecule has 2 aromatic rings. The van der Waals surface area contributed by atoms with Crippen LogP contribution in [0.25, 0.3) is 0 Å². The molecule has 0 atom stereocenters. The van der Waals surface area contributed by atoms with Gasteiger partial charge in [0.05, 0.1) is 18.7 Å². The molecule has 21 heavy (non-hydrogen) atoms. The molecule has 0 saturated heterocycles. The van der Waals surface area contributed by atoms with E-state index in [0.29, 0.717) is 28.0 Å². The summed E-state index contributed by atoms with van der Waals surface area (Å²) in [6, 6.07) is 11.7. The van der Waals surface area contributed by atoms with Crippen molar-refractivity contribution in [3.63, 3.8) is 0 Å². The molecule has 0 heterocycles. The van der Waals surface area contributed by atoms with Gasteiger partial charge in [-0.3, -0.25) is 0 Å². The van der Waals surface area contributed by atoms with Gasteiger partial charge >= 0.3 is 0 Å². The predicted octanol–water partition coefficient (Wildman–Crippen LogP) is 4.18. The van der Waals surface area contributed by atoms with E-state index in [-0.39, 0.29) is 6.61 Å².